The summed E-state index contributed by atoms with van der Waals surface area (Å²) in [7, 11) is 1.59. The van der Waals surface area contributed by atoms with Crippen LogP contribution >= 0.6 is 0 Å². The van der Waals surface area contributed by atoms with Crippen molar-refractivity contribution in [3.63, 3.8) is 0 Å². The Morgan fingerprint density at radius 2 is 2.11 bits per heavy atom. The van der Waals surface area contributed by atoms with Gasteiger partial charge in [-0.05, 0) is 24.6 Å². The molecule has 104 valence electrons. The first-order valence-electron chi connectivity index (χ1n) is 6.42. The van der Waals surface area contributed by atoms with E-state index in [1.807, 2.05) is 23.1 Å². The normalized spacial score (nSPS) is 19.7. The molecule has 0 radical (unpaired) electrons. The van der Waals surface area contributed by atoms with Crippen molar-refractivity contribution in [2.75, 3.05) is 33.3 Å². The molecule has 0 bridgehead atoms. The third kappa shape index (κ3) is 2.57. The molecule has 1 saturated heterocycles. The van der Waals surface area contributed by atoms with E-state index in [2.05, 4.69) is 5.32 Å². The number of nitrogens with zero attached hydrogens (tertiary/aromatic N) is 1. The highest BCUT2D eigenvalue weighted by molar-refractivity contribution is 5.80. The third-order valence-corrected chi connectivity index (χ3v) is 3.80. The smallest absolute Gasteiger partial charge is 0.328 e. The minimum absolute atomic E-state index is 0.681. The molecule has 19 heavy (non-hydrogen) atoms. The van der Waals surface area contributed by atoms with Crippen LogP contribution in [0.4, 0.5) is 0 Å². The number of methoxy groups -OCH3 is 1. The van der Waals surface area contributed by atoms with Gasteiger partial charge >= 0.3 is 5.97 Å². The predicted octanol–water partition coefficient (Wildman–Crippen LogP) is 0.900. The van der Waals surface area contributed by atoms with E-state index in [1.165, 1.54) is 0 Å². The maximum absolute atomic E-state index is 11.8. The maximum Gasteiger partial charge on any atom is 0.328 e. The highest BCUT2D eigenvalue weighted by atomic mass is 16.5. The van der Waals surface area contributed by atoms with Crippen molar-refractivity contribution >= 4 is 5.97 Å². The molecule has 1 unspecified atom stereocenters. The Balaban J connectivity index is 2.39. The second-order valence-electron chi connectivity index (χ2n) is 4.85. The maximum atomic E-state index is 11.8. The third-order valence-electron chi connectivity index (χ3n) is 3.80. The lowest BCUT2D eigenvalue weighted by atomic mass is 9.89. The van der Waals surface area contributed by atoms with Gasteiger partial charge < -0.3 is 15.2 Å². The lowest BCUT2D eigenvalue weighted by molar-refractivity contribution is -0.151. The number of nitrogens with one attached hydrogen (secondary N) is 1. The molecule has 0 aliphatic carbocycles. The fourth-order valence-corrected chi connectivity index (χ4v) is 2.48. The molecule has 1 aliphatic heterocycles. The molecule has 0 aromatic heterocycles. The van der Waals surface area contributed by atoms with Gasteiger partial charge in [-0.15, -0.1) is 0 Å². The lowest BCUT2D eigenvalue weighted by Crippen LogP contribution is -2.56. The predicted molar refractivity (Wildman–Crippen MR) is 72.4 cm³/mol. The number of carbonyl (C=O) groups is 1. The number of ether oxygens (including phenoxy) is 1. The average Bonchev–Trinajstić information content (AvgIpc) is 2.47. The van der Waals surface area contributed by atoms with Gasteiger partial charge in [0, 0.05) is 26.2 Å². The summed E-state index contributed by atoms with van der Waals surface area (Å²) in [6.07, 6.45) is 0. The van der Waals surface area contributed by atoms with Crippen LogP contribution in [-0.4, -0.2) is 49.3 Å². The average molecular weight is 264 g/mol. The summed E-state index contributed by atoms with van der Waals surface area (Å²) in [6.45, 7) is 4.83. The topological polar surface area (TPSA) is 61.8 Å². The number of piperazine rings is 1. The molecule has 1 fully saturated rings. The Labute approximate surface area is 113 Å². The monoisotopic (exact) mass is 264 g/mol. The van der Waals surface area contributed by atoms with E-state index in [0.717, 1.165) is 31.7 Å². The standard InChI is InChI=1S/C14H20N2O3/c1-14(13(17)18,16-8-6-15-7-9-16)11-4-3-5-12(10-11)19-2/h3-5,10,15H,6-9H2,1-2H3,(H,17,18). The number of rotatable bonds is 4. The van der Waals surface area contributed by atoms with Crippen molar-refractivity contribution in [3.05, 3.63) is 29.8 Å². The van der Waals surface area contributed by atoms with E-state index in [0.29, 0.717) is 5.75 Å². The van der Waals surface area contributed by atoms with Crippen LogP contribution in [0.1, 0.15) is 12.5 Å². The van der Waals surface area contributed by atoms with Crippen LogP contribution < -0.4 is 10.1 Å². The summed E-state index contributed by atoms with van der Waals surface area (Å²) < 4.78 is 5.19. The molecule has 1 heterocycles. The van der Waals surface area contributed by atoms with Crippen LogP contribution in [0.5, 0.6) is 5.75 Å². The lowest BCUT2D eigenvalue weighted by Gasteiger charge is -2.40. The zero-order valence-electron chi connectivity index (χ0n) is 11.3. The second-order valence-corrected chi connectivity index (χ2v) is 4.85. The van der Waals surface area contributed by atoms with E-state index in [9.17, 15) is 9.90 Å². The van der Waals surface area contributed by atoms with Crippen LogP contribution in [0.25, 0.3) is 0 Å². The number of hydrogen-bond acceptors (Lipinski definition) is 4. The van der Waals surface area contributed by atoms with Crippen molar-refractivity contribution in [2.24, 2.45) is 0 Å². The van der Waals surface area contributed by atoms with E-state index in [1.54, 1.807) is 20.1 Å². The van der Waals surface area contributed by atoms with Gasteiger partial charge in [0.1, 0.15) is 11.3 Å². The molecule has 1 aromatic carbocycles. The van der Waals surface area contributed by atoms with Crippen molar-refractivity contribution in [1.29, 1.82) is 0 Å². The van der Waals surface area contributed by atoms with Gasteiger partial charge in [0.25, 0.3) is 0 Å². The number of benzene rings is 1. The molecule has 2 rings (SSSR count). The molecule has 0 saturated carbocycles. The molecule has 1 aromatic rings. The quantitative estimate of drug-likeness (QED) is 0.846. The van der Waals surface area contributed by atoms with Crippen LogP contribution in [0.15, 0.2) is 24.3 Å². The number of hydrogen-bond donors (Lipinski definition) is 2. The second kappa shape index (κ2) is 5.59. The number of aliphatic carboxylic acids is 1. The Morgan fingerprint density at radius 3 is 2.68 bits per heavy atom. The molecule has 1 aliphatic rings. The van der Waals surface area contributed by atoms with Crippen molar-refractivity contribution in [3.8, 4) is 5.75 Å². The molecular weight excluding hydrogens is 244 g/mol. The zero-order valence-corrected chi connectivity index (χ0v) is 11.3. The first kappa shape index (κ1) is 13.8. The summed E-state index contributed by atoms with van der Waals surface area (Å²) in [6, 6.07) is 7.30. The molecular formula is C14H20N2O3. The minimum atomic E-state index is -1.02. The zero-order chi connectivity index (χ0) is 13.9. The van der Waals surface area contributed by atoms with Gasteiger partial charge in [-0.2, -0.15) is 0 Å². The summed E-state index contributed by atoms with van der Waals surface area (Å²) >= 11 is 0. The van der Waals surface area contributed by atoms with E-state index < -0.39 is 11.5 Å². The van der Waals surface area contributed by atoms with Crippen LogP contribution in [0.3, 0.4) is 0 Å². The highest BCUT2D eigenvalue weighted by Crippen LogP contribution is 2.31. The van der Waals surface area contributed by atoms with Gasteiger partial charge in [0.2, 0.25) is 0 Å². The van der Waals surface area contributed by atoms with Gasteiger partial charge in [0.05, 0.1) is 7.11 Å². The SMILES string of the molecule is COc1cccc(C(C)(C(=O)O)N2CCNCC2)c1. The minimum Gasteiger partial charge on any atom is -0.497 e. The Bertz CT molecular complexity index is 458. The van der Waals surface area contributed by atoms with Gasteiger partial charge in [-0.3, -0.25) is 4.90 Å². The van der Waals surface area contributed by atoms with Crippen LogP contribution in [0.2, 0.25) is 0 Å². The first-order valence-corrected chi connectivity index (χ1v) is 6.42. The van der Waals surface area contributed by atoms with Crippen molar-refractivity contribution in [1.82, 2.24) is 10.2 Å². The highest BCUT2D eigenvalue weighted by Gasteiger charge is 2.41. The summed E-state index contributed by atoms with van der Waals surface area (Å²) in [4.78, 5) is 13.8. The van der Waals surface area contributed by atoms with Gasteiger partial charge in [-0.25, -0.2) is 4.79 Å². The largest absolute Gasteiger partial charge is 0.497 e. The van der Waals surface area contributed by atoms with Gasteiger partial charge in [0.15, 0.2) is 0 Å². The summed E-state index contributed by atoms with van der Waals surface area (Å²) in [5.74, 6) is -0.150. The van der Waals surface area contributed by atoms with Crippen molar-refractivity contribution in [2.45, 2.75) is 12.5 Å². The molecule has 5 heteroatoms. The van der Waals surface area contributed by atoms with E-state index in [4.69, 9.17) is 4.74 Å². The number of carboxylic acid groups (broad SMARTS) is 1. The summed E-state index contributed by atoms with van der Waals surface area (Å²) in [5.41, 5.74) is -0.266. The summed E-state index contributed by atoms with van der Waals surface area (Å²) in [5, 5.41) is 12.9. The Hall–Kier alpha value is -1.59. The van der Waals surface area contributed by atoms with Crippen LogP contribution in [0, 0.1) is 0 Å². The molecule has 2 N–H and O–H groups in total. The van der Waals surface area contributed by atoms with Crippen molar-refractivity contribution < 1.29 is 14.6 Å². The van der Waals surface area contributed by atoms with E-state index >= 15 is 0 Å². The Morgan fingerprint density at radius 1 is 1.42 bits per heavy atom. The molecule has 1 atom stereocenters. The van der Waals surface area contributed by atoms with E-state index in [-0.39, 0.29) is 0 Å². The molecule has 0 amide bonds. The van der Waals surface area contributed by atoms with Crippen LogP contribution in [-0.2, 0) is 10.3 Å². The Kier molecular flexibility index (Phi) is 4.07. The van der Waals surface area contributed by atoms with Gasteiger partial charge in [-0.1, -0.05) is 12.1 Å². The molecule has 5 nitrogen and oxygen atoms in total. The fraction of sp³-hybridized carbons (Fsp3) is 0.500. The number of carboxylic acids is 1. The first-order chi connectivity index (χ1) is 9.09. The fourth-order valence-electron chi connectivity index (χ4n) is 2.48. The molecule has 0 spiro atoms.